The van der Waals surface area contributed by atoms with Gasteiger partial charge in [0.2, 0.25) is 0 Å². The van der Waals surface area contributed by atoms with E-state index < -0.39 is 0 Å². The summed E-state index contributed by atoms with van der Waals surface area (Å²) >= 11 is 0. The minimum Gasteiger partial charge on any atom is -0.0651 e. The zero-order valence-corrected chi connectivity index (χ0v) is 10.3. The van der Waals surface area contributed by atoms with Crippen LogP contribution >= 0.6 is 0 Å². The first-order valence-corrected chi connectivity index (χ1v) is 6.11. The van der Waals surface area contributed by atoms with Crippen molar-refractivity contribution in [1.29, 1.82) is 0 Å². The molecule has 0 N–H and O–H groups in total. The lowest BCUT2D eigenvalue weighted by Crippen LogP contribution is -2.09. The van der Waals surface area contributed by atoms with E-state index in [-0.39, 0.29) is 0 Å². The molecule has 13 heavy (non-hydrogen) atoms. The minimum atomic E-state index is 0.883. The lowest BCUT2D eigenvalue weighted by Gasteiger charge is -2.21. The first kappa shape index (κ1) is 13.0. The van der Waals surface area contributed by atoms with Gasteiger partial charge in [-0.05, 0) is 17.8 Å². The van der Waals surface area contributed by atoms with Gasteiger partial charge in [-0.1, -0.05) is 66.7 Å². The Kier molecular flexibility index (Phi) is 7.41. The van der Waals surface area contributed by atoms with Gasteiger partial charge in [0.25, 0.3) is 0 Å². The maximum Gasteiger partial charge on any atom is -0.0394 e. The van der Waals surface area contributed by atoms with Crippen molar-refractivity contribution < 1.29 is 0 Å². The van der Waals surface area contributed by atoms with Gasteiger partial charge in [0, 0.05) is 0 Å². The van der Waals surface area contributed by atoms with E-state index in [0.717, 1.165) is 17.8 Å². The SMILES string of the molecule is CCC(CC)C(C)CCCC(C)C. The molecule has 0 aromatic carbocycles. The highest BCUT2D eigenvalue weighted by Crippen LogP contribution is 2.24. The molecule has 0 bridgehead atoms. The molecule has 0 radical (unpaired) electrons. The van der Waals surface area contributed by atoms with Crippen molar-refractivity contribution in [2.45, 2.75) is 66.7 Å². The highest BCUT2D eigenvalue weighted by molar-refractivity contribution is 4.64. The molecule has 0 spiro atoms. The topological polar surface area (TPSA) is 0 Å². The predicted octanol–water partition coefficient (Wildman–Crippen LogP) is 4.89. The quantitative estimate of drug-likeness (QED) is 0.528. The van der Waals surface area contributed by atoms with Gasteiger partial charge in [0.1, 0.15) is 0 Å². The lowest BCUT2D eigenvalue weighted by atomic mass is 9.85. The van der Waals surface area contributed by atoms with Crippen LogP contribution in [-0.2, 0) is 0 Å². The third kappa shape index (κ3) is 6.12. The summed E-state index contributed by atoms with van der Waals surface area (Å²) in [7, 11) is 0. The van der Waals surface area contributed by atoms with Crippen LogP contribution in [0.3, 0.4) is 0 Å². The molecular formula is C13H28. The van der Waals surface area contributed by atoms with Gasteiger partial charge >= 0.3 is 0 Å². The summed E-state index contributed by atoms with van der Waals surface area (Å²) < 4.78 is 0. The van der Waals surface area contributed by atoms with E-state index in [2.05, 4.69) is 34.6 Å². The molecule has 0 aromatic rings. The van der Waals surface area contributed by atoms with Crippen molar-refractivity contribution in [2.24, 2.45) is 17.8 Å². The number of hydrogen-bond acceptors (Lipinski definition) is 0. The third-order valence-corrected chi connectivity index (χ3v) is 3.29. The summed E-state index contributed by atoms with van der Waals surface area (Å²) in [5, 5.41) is 0. The highest BCUT2D eigenvalue weighted by atomic mass is 14.2. The molecule has 0 rings (SSSR count). The first-order valence-electron chi connectivity index (χ1n) is 6.11. The van der Waals surface area contributed by atoms with E-state index >= 15 is 0 Å². The monoisotopic (exact) mass is 184 g/mol. The van der Waals surface area contributed by atoms with Crippen LogP contribution in [0.5, 0.6) is 0 Å². The Balaban J connectivity index is 3.53. The maximum atomic E-state index is 2.43. The summed E-state index contributed by atoms with van der Waals surface area (Å²) in [5.41, 5.74) is 0. The first-order chi connectivity index (χ1) is 6.11. The third-order valence-electron chi connectivity index (χ3n) is 3.29. The Morgan fingerprint density at radius 2 is 1.38 bits per heavy atom. The van der Waals surface area contributed by atoms with Gasteiger partial charge in [0.15, 0.2) is 0 Å². The second-order valence-corrected chi connectivity index (χ2v) is 4.88. The lowest BCUT2D eigenvalue weighted by molar-refractivity contribution is 0.305. The molecule has 0 aliphatic rings. The largest absolute Gasteiger partial charge is 0.0651 e. The smallest absolute Gasteiger partial charge is 0.0394 e. The van der Waals surface area contributed by atoms with Crippen molar-refractivity contribution in [1.82, 2.24) is 0 Å². The number of hydrogen-bond donors (Lipinski definition) is 0. The van der Waals surface area contributed by atoms with E-state index in [9.17, 15) is 0 Å². The molecule has 0 heterocycles. The summed E-state index contributed by atoms with van der Waals surface area (Å²) in [6.45, 7) is 11.7. The molecule has 0 aromatic heterocycles. The van der Waals surface area contributed by atoms with Gasteiger partial charge in [-0.15, -0.1) is 0 Å². The Hall–Kier alpha value is 0. The Bertz CT molecular complexity index is 101. The van der Waals surface area contributed by atoms with E-state index in [4.69, 9.17) is 0 Å². The van der Waals surface area contributed by atoms with Crippen LogP contribution in [-0.4, -0.2) is 0 Å². The molecule has 0 heteroatoms. The molecule has 0 fully saturated rings. The molecule has 0 saturated carbocycles. The minimum absolute atomic E-state index is 0.883. The standard InChI is InChI=1S/C13H28/c1-6-13(7-2)12(5)10-8-9-11(3)4/h11-13H,6-10H2,1-5H3. The molecule has 0 saturated heterocycles. The van der Waals surface area contributed by atoms with Crippen molar-refractivity contribution >= 4 is 0 Å². The van der Waals surface area contributed by atoms with Crippen molar-refractivity contribution in [2.75, 3.05) is 0 Å². The summed E-state index contributed by atoms with van der Waals surface area (Å²) in [6.07, 6.45) is 6.99. The van der Waals surface area contributed by atoms with Crippen LogP contribution in [0, 0.1) is 17.8 Å². The van der Waals surface area contributed by atoms with Crippen molar-refractivity contribution in [3.63, 3.8) is 0 Å². The second-order valence-electron chi connectivity index (χ2n) is 4.88. The molecule has 0 nitrogen and oxygen atoms in total. The number of rotatable bonds is 7. The van der Waals surface area contributed by atoms with Gasteiger partial charge < -0.3 is 0 Å². The predicted molar refractivity (Wildman–Crippen MR) is 61.9 cm³/mol. The highest BCUT2D eigenvalue weighted by Gasteiger charge is 2.12. The summed E-state index contributed by atoms with van der Waals surface area (Å²) in [4.78, 5) is 0. The molecule has 1 unspecified atom stereocenters. The van der Waals surface area contributed by atoms with Crippen molar-refractivity contribution in [3.8, 4) is 0 Å². The van der Waals surface area contributed by atoms with Crippen molar-refractivity contribution in [3.05, 3.63) is 0 Å². The van der Waals surface area contributed by atoms with Crippen LogP contribution in [0.15, 0.2) is 0 Å². The zero-order valence-electron chi connectivity index (χ0n) is 10.3. The van der Waals surface area contributed by atoms with Crippen LogP contribution in [0.1, 0.15) is 66.7 Å². The van der Waals surface area contributed by atoms with E-state index in [1.165, 1.54) is 32.1 Å². The average Bonchev–Trinajstić information content (AvgIpc) is 2.05. The van der Waals surface area contributed by atoms with E-state index in [0.29, 0.717) is 0 Å². The van der Waals surface area contributed by atoms with Crippen LogP contribution < -0.4 is 0 Å². The van der Waals surface area contributed by atoms with E-state index in [1.807, 2.05) is 0 Å². The second kappa shape index (κ2) is 7.41. The molecule has 1 atom stereocenters. The molecule has 0 aliphatic carbocycles. The molecule has 0 aliphatic heterocycles. The van der Waals surface area contributed by atoms with E-state index in [1.54, 1.807) is 0 Å². The fraction of sp³-hybridized carbons (Fsp3) is 1.00. The zero-order chi connectivity index (χ0) is 10.3. The molecule has 80 valence electrons. The van der Waals surface area contributed by atoms with Gasteiger partial charge in [-0.3, -0.25) is 0 Å². The van der Waals surface area contributed by atoms with Crippen LogP contribution in [0.25, 0.3) is 0 Å². The Labute approximate surface area is 85.1 Å². The Morgan fingerprint density at radius 3 is 1.77 bits per heavy atom. The maximum absolute atomic E-state index is 2.43. The summed E-state index contributed by atoms with van der Waals surface area (Å²) in [6, 6.07) is 0. The molecule has 0 amide bonds. The van der Waals surface area contributed by atoms with Gasteiger partial charge in [0.05, 0.1) is 0 Å². The normalized spacial score (nSPS) is 14.1. The van der Waals surface area contributed by atoms with Gasteiger partial charge in [-0.25, -0.2) is 0 Å². The van der Waals surface area contributed by atoms with Crippen LogP contribution in [0.2, 0.25) is 0 Å². The summed E-state index contributed by atoms with van der Waals surface area (Å²) in [5.74, 6) is 2.79. The fourth-order valence-electron chi connectivity index (χ4n) is 2.18. The Morgan fingerprint density at radius 1 is 0.846 bits per heavy atom. The fourth-order valence-corrected chi connectivity index (χ4v) is 2.18. The molecular weight excluding hydrogens is 156 g/mol. The van der Waals surface area contributed by atoms with Gasteiger partial charge in [-0.2, -0.15) is 0 Å². The average molecular weight is 184 g/mol. The van der Waals surface area contributed by atoms with Crippen LogP contribution in [0.4, 0.5) is 0 Å².